The number of piperidine rings is 1. The van der Waals surface area contributed by atoms with Gasteiger partial charge in [-0.25, -0.2) is 14.1 Å². The number of nitrogens with zero attached hydrogens (tertiary/aromatic N) is 1. The van der Waals surface area contributed by atoms with E-state index in [9.17, 15) is 18.8 Å². The first kappa shape index (κ1) is 12.8. The van der Waals surface area contributed by atoms with E-state index in [1.54, 1.807) is 0 Å². The van der Waals surface area contributed by atoms with Gasteiger partial charge in [-0.3, -0.25) is 9.59 Å². The summed E-state index contributed by atoms with van der Waals surface area (Å²) in [4.78, 5) is 36.5. The molecule has 2 unspecified atom stereocenters. The molecule has 3 rings (SSSR count). The SMILES string of the molecule is CC1(C)C2C(=O)N(c3cccc(F)c3C(=O)O)C(=O)C21. The second-order valence-electron chi connectivity index (χ2n) is 5.73. The minimum Gasteiger partial charge on any atom is -0.478 e. The lowest BCUT2D eigenvalue weighted by molar-refractivity contribution is -0.125. The molecule has 1 aromatic carbocycles. The lowest BCUT2D eigenvalue weighted by atomic mass is 10.0. The van der Waals surface area contributed by atoms with Gasteiger partial charge in [-0.15, -0.1) is 0 Å². The van der Waals surface area contributed by atoms with Crippen molar-refractivity contribution in [2.75, 3.05) is 4.90 Å². The first-order valence-electron chi connectivity index (χ1n) is 6.18. The summed E-state index contributed by atoms with van der Waals surface area (Å²) in [5, 5.41) is 9.07. The van der Waals surface area contributed by atoms with Crippen LogP contribution in [0, 0.1) is 23.1 Å². The predicted molar refractivity (Wildman–Crippen MR) is 66.6 cm³/mol. The number of fused-ring (bicyclic) bond motifs is 1. The van der Waals surface area contributed by atoms with Crippen LogP contribution in [0.15, 0.2) is 18.2 Å². The molecule has 1 heterocycles. The van der Waals surface area contributed by atoms with Gasteiger partial charge in [-0.05, 0) is 17.5 Å². The number of carboxylic acids is 1. The maximum absolute atomic E-state index is 13.6. The quantitative estimate of drug-likeness (QED) is 0.834. The second kappa shape index (κ2) is 3.65. The molecule has 2 aliphatic rings. The van der Waals surface area contributed by atoms with E-state index < -0.39 is 41.0 Å². The molecule has 0 aromatic heterocycles. The van der Waals surface area contributed by atoms with Crippen molar-refractivity contribution < 1.29 is 23.9 Å². The van der Waals surface area contributed by atoms with Gasteiger partial charge >= 0.3 is 5.97 Å². The Morgan fingerprint density at radius 1 is 1.25 bits per heavy atom. The number of carboxylic acid groups (broad SMARTS) is 1. The van der Waals surface area contributed by atoms with Gasteiger partial charge in [-0.2, -0.15) is 0 Å². The summed E-state index contributed by atoms with van der Waals surface area (Å²) in [6.45, 7) is 3.64. The number of carbonyl (C=O) groups is 3. The minimum atomic E-state index is -1.50. The fraction of sp³-hybridized carbons (Fsp3) is 0.357. The van der Waals surface area contributed by atoms with Crippen LogP contribution in [0.2, 0.25) is 0 Å². The lowest BCUT2D eigenvalue weighted by Crippen LogP contribution is -2.37. The van der Waals surface area contributed by atoms with Crippen molar-refractivity contribution in [3.8, 4) is 0 Å². The van der Waals surface area contributed by atoms with Crippen LogP contribution in [0.1, 0.15) is 24.2 Å². The summed E-state index contributed by atoms with van der Waals surface area (Å²) < 4.78 is 13.6. The van der Waals surface area contributed by atoms with Gasteiger partial charge in [0.05, 0.1) is 17.5 Å². The number of anilines is 1. The smallest absolute Gasteiger partial charge is 0.340 e. The van der Waals surface area contributed by atoms with E-state index in [1.165, 1.54) is 12.1 Å². The van der Waals surface area contributed by atoms with Gasteiger partial charge in [0.25, 0.3) is 0 Å². The van der Waals surface area contributed by atoms with Crippen LogP contribution in [0.4, 0.5) is 10.1 Å². The van der Waals surface area contributed by atoms with E-state index in [1.807, 2.05) is 13.8 Å². The number of hydrogen-bond acceptors (Lipinski definition) is 3. The lowest BCUT2D eigenvalue weighted by Gasteiger charge is -2.22. The Kier molecular flexibility index (Phi) is 2.33. The molecule has 2 fully saturated rings. The summed E-state index contributed by atoms with van der Waals surface area (Å²) in [6, 6.07) is 3.55. The summed E-state index contributed by atoms with van der Waals surface area (Å²) in [5.41, 5.74) is -1.22. The molecule has 1 aromatic rings. The largest absolute Gasteiger partial charge is 0.478 e. The molecule has 2 amide bonds. The van der Waals surface area contributed by atoms with Crippen LogP contribution in [0.3, 0.4) is 0 Å². The highest BCUT2D eigenvalue weighted by Gasteiger charge is 2.72. The van der Waals surface area contributed by atoms with Gasteiger partial charge in [0, 0.05) is 0 Å². The number of carbonyl (C=O) groups excluding carboxylic acids is 2. The molecular weight excluding hydrogens is 265 g/mol. The van der Waals surface area contributed by atoms with E-state index in [4.69, 9.17) is 5.11 Å². The van der Waals surface area contributed by atoms with Gasteiger partial charge < -0.3 is 5.11 Å². The molecule has 1 saturated carbocycles. The Labute approximate surface area is 114 Å². The highest BCUT2D eigenvalue weighted by Crippen LogP contribution is 2.63. The first-order valence-corrected chi connectivity index (χ1v) is 6.18. The third kappa shape index (κ3) is 1.39. The van der Waals surface area contributed by atoms with Crippen LogP contribution in [0.25, 0.3) is 0 Å². The normalized spacial score (nSPS) is 26.6. The Hall–Kier alpha value is -2.24. The fourth-order valence-electron chi connectivity index (χ4n) is 3.09. The van der Waals surface area contributed by atoms with Crippen LogP contribution in [-0.2, 0) is 9.59 Å². The fourth-order valence-corrected chi connectivity index (χ4v) is 3.09. The molecule has 1 aliphatic heterocycles. The van der Waals surface area contributed by atoms with Gasteiger partial charge in [0.2, 0.25) is 11.8 Å². The van der Waals surface area contributed by atoms with E-state index in [0.717, 1.165) is 11.0 Å². The molecular formula is C14H12FNO4. The molecule has 1 aliphatic carbocycles. The zero-order chi connectivity index (χ0) is 14.8. The van der Waals surface area contributed by atoms with E-state index in [0.29, 0.717) is 0 Å². The number of halogens is 1. The third-order valence-electron chi connectivity index (χ3n) is 4.25. The highest BCUT2D eigenvalue weighted by molar-refractivity contribution is 6.27. The molecule has 5 nitrogen and oxygen atoms in total. The van der Waals surface area contributed by atoms with Gasteiger partial charge in [0.15, 0.2) is 0 Å². The molecule has 6 heteroatoms. The van der Waals surface area contributed by atoms with Crippen molar-refractivity contribution >= 4 is 23.5 Å². The molecule has 0 radical (unpaired) electrons. The topological polar surface area (TPSA) is 74.7 Å². The number of hydrogen-bond donors (Lipinski definition) is 1. The van der Waals surface area contributed by atoms with Crippen molar-refractivity contribution in [2.45, 2.75) is 13.8 Å². The zero-order valence-corrected chi connectivity index (χ0v) is 10.9. The molecule has 1 saturated heterocycles. The minimum absolute atomic E-state index is 0.185. The van der Waals surface area contributed by atoms with Crippen LogP contribution in [0.5, 0.6) is 0 Å². The Balaban J connectivity index is 2.09. The number of aromatic carboxylic acids is 1. The van der Waals surface area contributed by atoms with Crippen molar-refractivity contribution in [1.29, 1.82) is 0 Å². The average Bonchev–Trinajstić information content (AvgIpc) is 2.79. The number of amides is 2. The summed E-state index contributed by atoms with van der Waals surface area (Å²) in [5.74, 6) is -4.22. The Morgan fingerprint density at radius 3 is 2.30 bits per heavy atom. The van der Waals surface area contributed by atoms with Crippen molar-refractivity contribution in [2.24, 2.45) is 17.3 Å². The van der Waals surface area contributed by atoms with Crippen molar-refractivity contribution in [3.63, 3.8) is 0 Å². The molecule has 1 N–H and O–H groups in total. The monoisotopic (exact) mass is 277 g/mol. The standard InChI is InChI=1S/C14H12FNO4/c1-14(2)9-10(14)12(18)16(11(9)17)7-5-3-4-6(15)8(7)13(19)20/h3-5,9-10H,1-2H3,(H,19,20). The van der Waals surface area contributed by atoms with Gasteiger partial charge in [-0.1, -0.05) is 19.9 Å². The van der Waals surface area contributed by atoms with Crippen LogP contribution >= 0.6 is 0 Å². The maximum atomic E-state index is 13.6. The Morgan fingerprint density at radius 2 is 1.80 bits per heavy atom. The maximum Gasteiger partial charge on any atom is 0.340 e. The Bertz CT molecular complexity index is 643. The molecule has 0 spiro atoms. The van der Waals surface area contributed by atoms with Crippen LogP contribution in [-0.4, -0.2) is 22.9 Å². The summed E-state index contributed by atoms with van der Waals surface area (Å²) in [6.07, 6.45) is 0. The van der Waals surface area contributed by atoms with E-state index in [-0.39, 0.29) is 11.1 Å². The van der Waals surface area contributed by atoms with Crippen LogP contribution < -0.4 is 4.90 Å². The number of imide groups is 1. The number of benzene rings is 1. The molecule has 20 heavy (non-hydrogen) atoms. The second-order valence-corrected chi connectivity index (χ2v) is 5.73. The summed E-state index contributed by atoms with van der Waals surface area (Å²) in [7, 11) is 0. The summed E-state index contributed by atoms with van der Waals surface area (Å²) >= 11 is 0. The first-order chi connectivity index (χ1) is 9.28. The van der Waals surface area contributed by atoms with Gasteiger partial charge in [0.1, 0.15) is 11.4 Å². The zero-order valence-electron chi connectivity index (χ0n) is 10.9. The van der Waals surface area contributed by atoms with Crippen molar-refractivity contribution in [1.82, 2.24) is 0 Å². The highest BCUT2D eigenvalue weighted by atomic mass is 19.1. The molecule has 0 bridgehead atoms. The van der Waals surface area contributed by atoms with E-state index in [2.05, 4.69) is 0 Å². The molecule has 104 valence electrons. The number of rotatable bonds is 2. The van der Waals surface area contributed by atoms with Crippen molar-refractivity contribution in [3.05, 3.63) is 29.6 Å². The molecule has 2 atom stereocenters. The van der Waals surface area contributed by atoms with E-state index >= 15 is 0 Å². The average molecular weight is 277 g/mol. The third-order valence-corrected chi connectivity index (χ3v) is 4.25. The predicted octanol–water partition coefficient (Wildman–Crippen LogP) is 1.67.